The van der Waals surface area contributed by atoms with E-state index in [0.717, 1.165) is 36.8 Å². The molecule has 0 unspecified atom stereocenters. The highest BCUT2D eigenvalue weighted by atomic mass is 35.5. The Morgan fingerprint density at radius 1 is 0.867 bits per heavy atom. The summed E-state index contributed by atoms with van der Waals surface area (Å²) >= 11 is 6.24. The molecule has 0 bridgehead atoms. The van der Waals surface area contributed by atoms with Crippen molar-refractivity contribution < 1.29 is 9.53 Å². The van der Waals surface area contributed by atoms with Crippen LogP contribution in [0.15, 0.2) is 48.5 Å². The van der Waals surface area contributed by atoms with Crippen molar-refractivity contribution in [2.75, 3.05) is 0 Å². The van der Waals surface area contributed by atoms with Gasteiger partial charge in [-0.25, -0.2) is 0 Å². The molecule has 2 aliphatic rings. The van der Waals surface area contributed by atoms with Crippen LogP contribution in [0.3, 0.4) is 0 Å². The molecule has 4 heteroatoms. The molecule has 0 N–H and O–H groups in total. The molecule has 0 spiro atoms. The predicted molar refractivity (Wildman–Crippen MR) is 122 cm³/mol. The van der Waals surface area contributed by atoms with Gasteiger partial charge in [0.2, 0.25) is 0 Å². The fourth-order valence-corrected chi connectivity index (χ4v) is 5.18. The maximum Gasteiger partial charge on any atom is 0.254 e. The van der Waals surface area contributed by atoms with Gasteiger partial charge in [0, 0.05) is 28.2 Å². The number of halogens is 1. The number of carbonyl (C=O) groups is 1. The van der Waals surface area contributed by atoms with Crippen LogP contribution in [0.5, 0.6) is 5.75 Å². The van der Waals surface area contributed by atoms with Gasteiger partial charge in [-0.05, 0) is 49.9 Å². The van der Waals surface area contributed by atoms with Crippen LogP contribution < -0.4 is 4.74 Å². The van der Waals surface area contributed by atoms with Crippen molar-refractivity contribution in [2.45, 2.75) is 82.9 Å². The normalized spacial score (nSPS) is 18.2. The van der Waals surface area contributed by atoms with Gasteiger partial charge in [-0.2, -0.15) is 0 Å². The minimum absolute atomic E-state index is 0.178. The summed E-state index contributed by atoms with van der Waals surface area (Å²) in [5.41, 5.74) is 1.68. The van der Waals surface area contributed by atoms with Gasteiger partial charge in [0.25, 0.3) is 5.91 Å². The Morgan fingerprint density at radius 2 is 1.50 bits per heavy atom. The molecular formula is C26H32ClNO2. The molecule has 0 saturated heterocycles. The minimum atomic E-state index is 0.178. The summed E-state index contributed by atoms with van der Waals surface area (Å²) in [5, 5.41) is 0.700. The second-order valence-electron chi connectivity index (χ2n) is 8.70. The standard InChI is InChI=1S/C26H32ClNO2/c27-25-17-8-7-10-21(25)19-30-24-16-9-11-20(18-24)26(29)28(22-12-3-1-4-13-22)23-14-5-2-6-15-23/h7-11,16-18,22-23H,1-6,12-15,19H2. The van der Waals surface area contributed by atoms with Crippen molar-refractivity contribution >= 4 is 17.5 Å². The first-order chi connectivity index (χ1) is 14.7. The molecule has 1 amide bonds. The van der Waals surface area contributed by atoms with Gasteiger partial charge < -0.3 is 9.64 Å². The molecule has 0 radical (unpaired) electrons. The van der Waals surface area contributed by atoms with E-state index in [4.69, 9.17) is 16.3 Å². The van der Waals surface area contributed by atoms with Gasteiger partial charge >= 0.3 is 0 Å². The Kier molecular flexibility index (Phi) is 7.33. The predicted octanol–water partition coefficient (Wildman–Crippen LogP) is 7.03. The number of carbonyl (C=O) groups excluding carboxylic acids is 1. The average molecular weight is 426 g/mol. The lowest BCUT2D eigenvalue weighted by Crippen LogP contribution is -2.48. The highest BCUT2D eigenvalue weighted by Gasteiger charge is 2.33. The lowest BCUT2D eigenvalue weighted by Gasteiger charge is -2.42. The van der Waals surface area contributed by atoms with Gasteiger partial charge in [-0.3, -0.25) is 4.79 Å². The third kappa shape index (κ3) is 5.18. The first-order valence-electron chi connectivity index (χ1n) is 11.5. The number of hydrogen-bond donors (Lipinski definition) is 0. The Balaban J connectivity index is 1.51. The zero-order valence-electron chi connectivity index (χ0n) is 17.7. The maximum atomic E-state index is 13.7. The van der Waals surface area contributed by atoms with Gasteiger partial charge in [-0.15, -0.1) is 0 Å². The first-order valence-corrected chi connectivity index (χ1v) is 11.9. The summed E-state index contributed by atoms with van der Waals surface area (Å²) in [6.07, 6.45) is 12.1. The number of ether oxygens (including phenoxy) is 1. The molecule has 0 aromatic heterocycles. The summed E-state index contributed by atoms with van der Waals surface area (Å²) in [6, 6.07) is 16.2. The lowest BCUT2D eigenvalue weighted by atomic mass is 9.88. The van der Waals surface area contributed by atoms with Crippen molar-refractivity contribution in [3.8, 4) is 5.75 Å². The summed E-state index contributed by atoms with van der Waals surface area (Å²) in [4.78, 5) is 15.9. The van der Waals surface area contributed by atoms with Gasteiger partial charge in [-0.1, -0.05) is 74.4 Å². The van der Waals surface area contributed by atoms with E-state index in [1.54, 1.807) is 0 Å². The quantitative estimate of drug-likeness (QED) is 0.497. The molecule has 2 aromatic rings. The Bertz CT molecular complexity index is 822. The van der Waals surface area contributed by atoms with Crippen LogP contribution in [0.1, 0.15) is 80.1 Å². The summed E-state index contributed by atoms with van der Waals surface area (Å²) in [6.45, 7) is 0.395. The molecule has 0 aliphatic heterocycles. The molecule has 2 fully saturated rings. The number of nitrogens with zero attached hydrogens (tertiary/aromatic N) is 1. The van der Waals surface area contributed by atoms with E-state index in [1.165, 1.54) is 38.5 Å². The van der Waals surface area contributed by atoms with E-state index in [0.29, 0.717) is 29.5 Å². The topological polar surface area (TPSA) is 29.5 Å². The van der Waals surface area contributed by atoms with E-state index >= 15 is 0 Å². The molecule has 2 saturated carbocycles. The first kappa shape index (κ1) is 21.2. The largest absolute Gasteiger partial charge is 0.489 e. The Labute approximate surface area is 185 Å². The number of benzene rings is 2. The maximum absolute atomic E-state index is 13.7. The molecule has 2 aliphatic carbocycles. The van der Waals surface area contributed by atoms with E-state index in [9.17, 15) is 4.79 Å². The summed E-state index contributed by atoms with van der Waals surface area (Å²) in [5.74, 6) is 0.894. The third-order valence-electron chi connectivity index (χ3n) is 6.60. The second-order valence-corrected chi connectivity index (χ2v) is 9.11. The summed E-state index contributed by atoms with van der Waals surface area (Å²) < 4.78 is 5.98. The molecule has 0 atom stereocenters. The van der Waals surface area contributed by atoms with Gasteiger partial charge in [0.15, 0.2) is 0 Å². The molecule has 30 heavy (non-hydrogen) atoms. The van der Waals surface area contributed by atoms with Gasteiger partial charge in [0.05, 0.1) is 0 Å². The molecule has 0 heterocycles. The van der Waals surface area contributed by atoms with E-state index < -0.39 is 0 Å². The minimum Gasteiger partial charge on any atom is -0.489 e. The SMILES string of the molecule is O=C(c1cccc(OCc2ccccc2Cl)c1)N(C1CCCCC1)C1CCCCC1. The fourth-order valence-electron chi connectivity index (χ4n) is 4.99. The van der Waals surface area contributed by atoms with Crippen molar-refractivity contribution in [3.63, 3.8) is 0 Å². The van der Waals surface area contributed by atoms with Crippen molar-refractivity contribution in [2.24, 2.45) is 0 Å². The highest BCUT2D eigenvalue weighted by Crippen LogP contribution is 2.32. The van der Waals surface area contributed by atoms with E-state index in [1.807, 2.05) is 48.5 Å². The van der Waals surface area contributed by atoms with E-state index in [-0.39, 0.29) is 5.91 Å². The molecular weight excluding hydrogens is 394 g/mol. The van der Waals surface area contributed by atoms with Crippen molar-refractivity contribution in [1.82, 2.24) is 4.90 Å². The summed E-state index contributed by atoms with van der Waals surface area (Å²) in [7, 11) is 0. The van der Waals surface area contributed by atoms with Crippen LogP contribution in [0.4, 0.5) is 0 Å². The highest BCUT2D eigenvalue weighted by molar-refractivity contribution is 6.31. The third-order valence-corrected chi connectivity index (χ3v) is 6.97. The monoisotopic (exact) mass is 425 g/mol. The fraction of sp³-hybridized carbons (Fsp3) is 0.500. The van der Waals surface area contributed by atoms with E-state index in [2.05, 4.69) is 4.90 Å². The van der Waals surface area contributed by atoms with Crippen LogP contribution in [0.2, 0.25) is 5.02 Å². The van der Waals surface area contributed by atoms with Crippen molar-refractivity contribution in [1.29, 1.82) is 0 Å². The van der Waals surface area contributed by atoms with Gasteiger partial charge in [0.1, 0.15) is 12.4 Å². The molecule has 3 nitrogen and oxygen atoms in total. The average Bonchev–Trinajstić information content (AvgIpc) is 2.80. The van der Waals surface area contributed by atoms with Crippen LogP contribution in [-0.4, -0.2) is 22.9 Å². The molecule has 2 aromatic carbocycles. The van der Waals surface area contributed by atoms with Crippen LogP contribution in [0, 0.1) is 0 Å². The zero-order valence-corrected chi connectivity index (χ0v) is 18.4. The lowest BCUT2D eigenvalue weighted by molar-refractivity contribution is 0.0448. The molecule has 4 rings (SSSR count). The number of amides is 1. The van der Waals surface area contributed by atoms with Crippen LogP contribution >= 0.6 is 11.6 Å². The molecule has 160 valence electrons. The Hall–Kier alpha value is -2.00. The second kappa shape index (κ2) is 10.3. The van der Waals surface area contributed by atoms with Crippen LogP contribution in [0.25, 0.3) is 0 Å². The number of rotatable bonds is 6. The van der Waals surface area contributed by atoms with Crippen LogP contribution in [-0.2, 0) is 6.61 Å². The number of hydrogen-bond acceptors (Lipinski definition) is 2. The van der Waals surface area contributed by atoms with Crippen molar-refractivity contribution in [3.05, 3.63) is 64.7 Å². The Morgan fingerprint density at radius 3 is 2.13 bits per heavy atom. The smallest absolute Gasteiger partial charge is 0.254 e. The zero-order chi connectivity index (χ0) is 20.8.